The van der Waals surface area contributed by atoms with E-state index in [0.29, 0.717) is 18.6 Å². The molecule has 0 heterocycles. The van der Waals surface area contributed by atoms with Crippen LogP contribution < -0.4 is 5.73 Å². The normalized spacial score (nSPS) is 20.5. The molecular formula is C19H18FNO. The van der Waals surface area contributed by atoms with Gasteiger partial charge in [0.15, 0.2) is 0 Å². The van der Waals surface area contributed by atoms with Gasteiger partial charge in [-0.25, -0.2) is 4.39 Å². The minimum absolute atomic E-state index is 0.293. The number of rotatable bonds is 4. The van der Waals surface area contributed by atoms with Crippen LogP contribution in [0.2, 0.25) is 0 Å². The molecule has 0 fully saturated rings. The van der Waals surface area contributed by atoms with Crippen LogP contribution in [0.1, 0.15) is 17.5 Å². The average Bonchev–Trinajstić information content (AvgIpc) is 2.54. The molecule has 0 aliphatic heterocycles. The van der Waals surface area contributed by atoms with Gasteiger partial charge in [0.05, 0.1) is 11.3 Å². The molecule has 112 valence electrons. The van der Waals surface area contributed by atoms with Gasteiger partial charge in [-0.15, -0.1) is 0 Å². The molecule has 3 rings (SSSR count). The van der Waals surface area contributed by atoms with Crippen LogP contribution in [0.5, 0.6) is 0 Å². The van der Waals surface area contributed by atoms with E-state index in [1.165, 1.54) is 6.07 Å². The van der Waals surface area contributed by atoms with E-state index in [2.05, 4.69) is 0 Å². The summed E-state index contributed by atoms with van der Waals surface area (Å²) in [6.07, 6.45) is 5.98. The van der Waals surface area contributed by atoms with Crippen LogP contribution in [0.4, 0.5) is 4.39 Å². The molecule has 0 amide bonds. The minimum atomic E-state index is -0.869. The van der Waals surface area contributed by atoms with Crippen LogP contribution in [-0.2, 0) is 16.9 Å². The lowest BCUT2D eigenvalue weighted by atomic mass is 9.84. The van der Waals surface area contributed by atoms with Crippen molar-refractivity contribution in [2.24, 2.45) is 5.73 Å². The third-order valence-corrected chi connectivity index (χ3v) is 3.78. The van der Waals surface area contributed by atoms with Crippen molar-refractivity contribution >= 4 is 0 Å². The first-order valence-corrected chi connectivity index (χ1v) is 7.26. The largest absolute Gasteiger partial charge is 0.493 e. The molecule has 0 saturated carbocycles. The summed E-state index contributed by atoms with van der Waals surface area (Å²) < 4.78 is 19.9. The lowest BCUT2D eigenvalue weighted by Gasteiger charge is -2.30. The highest BCUT2D eigenvalue weighted by Gasteiger charge is 2.30. The van der Waals surface area contributed by atoms with Crippen LogP contribution in [0.15, 0.2) is 78.6 Å². The third kappa shape index (κ3) is 3.10. The molecular weight excluding hydrogens is 277 g/mol. The van der Waals surface area contributed by atoms with Crippen molar-refractivity contribution in [1.29, 1.82) is 0 Å². The molecule has 22 heavy (non-hydrogen) atoms. The van der Waals surface area contributed by atoms with Crippen LogP contribution in [0.25, 0.3) is 0 Å². The number of benzene rings is 2. The molecule has 1 unspecified atom stereocenters. The molecule has 0 spiro atoms. The highest BCUT2D eigenvalue weighted by atomic mass is 19.1. The molecule has 2 nitrogen and oxygen atoms in total. The Bertz CT molecular complexity index is 708. The van der Waals surface area contributed by atoms with Crippen LogP contribution in [0, 0.1) is 5.82 Å². The first kappa shape index (κ1) is 14.5. The maximum atomic E-state index is 14.0. The molecule has 1 atom stereocenters. The summed E-state index contributed by atoms with van der Waals surface area (Å²) in [7, 11) is 0. The molecule has 2 aromatic rings. The molecule has 0 aromatic heterocycles. The Morgan fingerprint density at radius 3 is 2.55 bits per heavy atom. The van der Waals surface area contributed by atoms with E-state index in [9.17, 15) is 4.39 Å². The van der Waals surface area contributed by atoms with E-state index in [1.54, 1.807) is 18.2 Å². The SMILES string of the molecule is NC1(c2ccccc2F)C=CC=C(OCc2ccccc2)C1. The third-order valence-electron chi connectivity index (χ3n) is 3.78. The zero-order valence-corrected chi connectivity index (χ0v) is 12.2. The number of nitrogens with two attached hydrogens (primary N) is 1. The fourth-order valence-corrected chi connectivity index (χ4v) is 2.61. The zero-order valence-electron chi connectivity index (χ0n) is 12.2. The minimum Gasteiger partial charge on any atom is -0.493 e. The fraction of sp³-hybridized carbons (Fsp3) is 0.158. The summed E-state index contributed by atoms with van der Waals surface area (Å²) in [5.41, 5.74) is 7.10. The Morgan fingerprint density at radius 2 is 1.77 bits per heavy atom. The van der Waals surface area contributed by atoms with E-state index in [1.807, 2.05) is 48.6 Å². The van der Waals surface area contributed by atoms with Crippen molar-refractivity contribution in [3.63, 3.8) is 0 Å². The number of hydrogen-bond donors (Lipinski definition) is 1. The van der Waals surface area contributed by atoms with Crippen LogP contribution in [0.3, 0.4) is 0 Å². The Labute approximate surface area is 129 Å². The zero-order chi connectivity index (χ0) is 15.4. The van der Waals surface area contributed by atoms with Crippen molar-refractivity contribution in [2.45, 2.75) is 18.6 Å². The maximum Gasteiger partial charge on any atom is 0.128 e. The summed E-state index contributed by atoms with van der Waals surface area (Å²) in [5.74, 6) is 0.469. The Kier molecular flexibility index (Phi) is 4.07. The van der Waals surface area contributed by atoms with Crippen molar-refractivity contribution in [1.82, 2.24) is 0 Å². The fourth-order valence-electron chi connectivity index (χ4n) is 2.61. The number of halogens is 1. The summed E-state index contributed by atoms with van der Waals surface area (Å²) in [6, 6.07) is 16.5. The lowest BCUT2D eigenvalue weighted by molar-refractivity contribution is 0.176. The van der Waals surface area contributed by atoms with Gasteiger partial charge in [-0.2, -0.15) is 0 Å². The van der Waals surface area contributed by atoms with Gasteiger partial charge in [0.25, 0.3) is 0 Å². The number of hydrogen-bond acceptors (Lipinski definition) is 2. The summed E-state index contributed by atoms with van der Waals surface area (Å²) in [4.78, 5) is 0. The lowest BCUT2D eigenvalue weighted by Crippen LogP contribution is -2.37. The second-order valence-electron chi connectivity index (χ2n) is 5.46. The van der Waals surface area contributed by atoms with Crippen molar-refractivity contribution < 1.29 is 9.13 Å². The van der Waals surface area contributed by atoms with Crippen LogP contribution >= 0.6 is 0 Å². The first-order chi connectivity index (χ1) is 10.7. The predicted octanol–water partition coefficient (Wildman–Crippen LogP) is 4.04. The number of allylic oxidation sites excluding steroid dienone is 2. The predicted molar refractivity (Wildman–Crippen MR) is 85.3 cm³/mol. The summed E-state index contributed by atoms with van der Waals surface area (Å²) in [5, 5.41) is 0. The smallest absolute Gasteiger partial charge is 0.128 e. The van der Waals surface area contributed by atoms with Gasteiger partial charge in [-0.3, -0.25) is 0 Å². The maximum absolute atomic E-state index is 14.0. The second-order valence-corrected chi connectivity index (χ2v) is 5.46. The highest BCUT2D eigenvalue weighted by molar-refractivity contribution is 5.36. The molecule has 3 heteroatoms. The molecule has 1 aliphatic rings. The average molecular weight is 295 g/mol. The highest BCUT2D eigenvalue weighted by Crippen LogP contribution is 2.32. The van der Waals surface area contributed by atoms with E-state index < -0.39 is 5.54 Å². The topological polar surface area (TPSA) is 35.2 Å². The molecule has 1 aliphatic carbocycles. The summed E-state index contributed by atoms with van der Waals surface area (Å²) >= 11 is 0. The Hall–Kier alpha value is -2.39. The van der Waals surface area contributed by atoms with E-state index in [0.717, 1.165) is 11.3 Å². The van der Waals surface area contributed by atoms with Gasteiger partial charge >= 0.3 is 0 Å². The van der Waals surface area contributed by atoms with E-state index in [-0.39, 0.29) is 5.82 Å². The molecule has 0 saturated heterocycles. The van der Waals surface area contributed by atoms with Gasteiger partial charge in [-0.1, -0.05) is 60.7 Å². The molecule has 2 aromatic carbocycles. The quantitative estimate of drug-likeness (QED) is 0.924. The number of ether oxygens (including phenoxy) is 1. The van der Waals surface area contributed by atoms with Crippen molar-refractivity contribution in [3.05, 3.63) is 95.5 Å². The molecule has 0 radical (unpaired) electrons. The van der Waals surface area contributed by atoms with Crippen molar-refractivity contribution in [2.75, 3.05) is 0 Å². The van der Waals surface area contributed by atoms with Gasteiger partial charge in [-0.05, 0) is 17.7 Å². The van der Waals surface area contributed by atoms with Crippen LogP contribution in [-0.4, -0.2) is 0 Å². The van der Waals surface area contributed by atoms with E-state index >= 15 is 0 Å². The Morgan fingerprint density at radius 1 is 1.05 bits per heavy atom. The van der Waals surface area contributed by atoms with Gasteiger partial charge in [0.2, 0.25) is 0 Å². The van der Waals surface area contributed by atoms with Gasteiger partial charge < -0.3 is 10.5 Å². The summed E-state index contributed by atoms with van der Waals surface area (Å²) in [6.45, 7) is 0.480. The standard InChI is InChI=1S/C19H18FNO/c20-18-11-5-4-10-17(18)19(21)12-6-9-16(13-19)22-14-15-7-2-1-3-8-15/h1-12H,13-14,21H2. The van der Waals surface area contributed by atoms with Crippen molar-refractivity contribution in [3.8, 4) is 0 Å². The Balaban J connectivity index is 1.73. The first-order valence-electron chi connectivity index (χ1n) is 7.26. The monoisotopic (exact) mass is 295 g/mol. The molecule has 0 bridgehead atoms. The van der Waals surface area contributed by atoms with E-state index in [4.69, 9.17) is 10.5 Å². The van der Waals surface area contributed by atoms with Gasteiger partial charge in [0, 0.05) is 12.0 Å². The van der Waals surface area contributed by atoms with Gasteiger partial charge in [0.1, 0.15) is 12.4 Å². The second kappa shape index (κ2) is 6.16. The molecule has 2 N–H and O–H groups in total.